The maximum atomic E-state index is 5.66. The molecule has 0 aliphatic carbocycles. The first-order valence-corrected chi connectivity index (χ1v) is 8.85. The second-order valence-corrected chi connectivity index (χ2v) is 6.19. The van der Waals surface area contributed by atoms with Crippen molar-refractivity contribution >= 4 is 23.1 Å². The lowest BCUT2D eigenvalue weighted by atomic mass is 10.0. The van der Waals surface area contributed by atoms with E-state index in [4.69, 9.17) is 4.74 Å². The second kappa shape index (κ2) is 8.34. The van der Waals surface area contributed by atoms with Crippen LogP contribution in [0.3, 0.4) is 0 Å². The predicted molar refractivity (Wildman–Crippen MR) is 107 cm³/mol. The molecule has 0 amide bonds. The number of aromatic nitrogens is 2. The van der Waals surface area contributed by atoms with E-state index in [0.29, 0.717) is 24.3 Å². The summed E-state index contributed by atoms with van der Waals surface area (Å²) < 4.78 is 5.66. The summed E-state index contributed by atoms with van der Waals surface area (Å²) in [4.78, 5) is 8.92. The van der Waals surface area contributed by atoms with Gasteiger partial charge < -0.3 is 15.4 Å². The Balaban J connectivity index is 1.82. The van der Waals surface area contributed by atoms with E-state index in [1.807, 2.05) is 55.5 Å². The van der Waals surface area contributed by atoms with Gasteiger partial charge in [-0.1, -0.05) is 44.2 Å². The van der Waals surface area contributed by atoms with Gasteiger partial charge in [-0.15, -0.1) is 0 Å². The molecule has 1 heterocycles. The Bertz CT molecular complexity index is 864. The van der Waals surface area contributed by atoms with Crippen LogP contribution < -0.4 is 15.4 Å². The summed E-state index contributed by atoms with van der Waals surface area (Å²) in [6, 6.07) is 17.9. The topological polar surface area (TPSA) is 59.1 Å². The van der Waals surface area contributed by atoms with E-state index in [2.05, 4.69) is 40.5 Å². The van der Waals surface area contributed by atoms with Gasteiger partial charge >= 0.3 is 0 Å². The van der Waals surface area contributed by atoms with Crippen LogP contribution in [0.4, 0.5) is 23.1 Å². The van der Waals surface area contributed by atoms with E-state index in [9.17, 15) is 0 Å². The highest BCUT2D eigenvalue weighted by molar-refractivity contribution is 5.65. The van der Waals surface area contributed by atoms with Crippen LogP contribution in [0.2, 0.25) is 0 Å². The molecule has 2 N–H and O–H groups in total. The van der Waals surface area contributed by atoms with Crippen molar-refractivity contribution in [3.63, 3.8) is 0 Å². The largest absolute Gasteiger partial charge is 0.492 e. The lowest BCUT2D eigenvalue weighted by Gasteiger charge is -2.15. The van der Waals surface area contributed by atoms with Crippen molar-refractivity contribution in [2.45, 2.75) is 26.7 Å². The highest BCUT2D eigenvalue weighted by Gasteiger charge is 2.08. The van der Waals surface area contributed by atoms with Crippen LogP contribution in [0.15, 0.2) is 60.8 Å². The van der Waals surface area contributed by atoms with Gasteiger partial charge in [-0.25, -0.2) is 4.98 Å². The summed E-state index contributed by atoms with van der Waals surface area (Å²) in [5, 5.41) is 6.63. The molecule has 0 aliphatic rings. The summed E-state index contributed by atoms with van der Waals surface area (Å²) in [6.07, 6.45) is 1.74. The van der Waals surface area contributed by atoms with E-state index >= 15 is 0 Å². The van der Waals surface area contributed by atoms with Crippen LogP contribution in [0.25, 0.3) is 0 Å². The molecule has 0 aliphatic heterocycles. The van der Waals surface area contributed by atoms with Gasteiger partial charge in [0.2, 0.25) is 5.95 Å². The SMILES string of the molecule is CCOc1ccccc1Nc1ccnc(Nc2ccccc2C(C)C)n1. The van der Waals surface area contributed by atoms with Gasteiger partial charge in [0.25, 0.3) is 0 Å². The van der Waals surface area contributed by atoms with E-state index in [1.165, 1.54) is 5.56 Å². The predicted octanol–water partition coefficient (Wildman–Crippen LogP) is 5.49. The Labute approximate surface area is 154 Å². The van der Waals surface area contributed by atoms with Crippen LogP contribution in [-0.4, -0.2) is 16.6 Å². The smallest absolute Gasteiger partial charge is 0.229 e. The molecule has 0 bridgehead atoms. The number of rotatable bonds is 7. The number of nitrogens with one attached hydrogen (secondary N) is 2. The highest BCUT2D eigenvalue weighted by Crippen LogP contribution is 2.28. The Hall–Kier alpha value is -3.08. The molecule has 0 unspecified atom stereocenters. The summed E-state index contributed by atoms with van der Waals surface area (Å²) >= 11 is 0. The van der Waals surface area contributed by atoms with Crippen LogP contribution in [0.1, 0.15) is 32.3 Å². The zero-order valence-corrected chi connectivity index (χ0v) is 15.4. The fourth-order valence-corrected chi connectivity index (χ4v) is 2.71. The third kappa shape index (κ3) is 4.30. The molecule has 5 nitrogen and oxygen atoms in total. The molecular formula is C21H24N4O. The Morgan fingerprint density at radius 3 is 2.42 bits per heavy atom. The summed E-state index contributed by atoms with van der Waals surface area (Å²) in [7, 11) is 0. The van der Waals surface area contributed by atoms with Gasteiger partial charge in [0.05, 0.1) is 12.3 Å². The molecule has 0 radical (unpaired) electrons. The van der Waals surface area contributed by atoms with Crippen LogP contribution in [0.5, 0.6) is 5.75 Å². The number of ether oxygens (including phenoxy) is 1. The van der Waals surface area contributed by atoms with E-state index in [0.717, 1.165) is 17.1 Å². The monoisotopic (exact) mass is 348 g/mol. The van der Waals surface area contributed by atoms with Gasteiger partial charge in [0, 0.05) is 11.9 Å². The van der Waals surface area contributed by atoms with Gasteiger partial charge in [-0.05, 0) is 42.7 Å². The summed E-state index contributed by atoms with van der Waals surface area (Å²) in [5.41, 5.74) is 3.13. The maximum absolute atomic E-state index is 5.66. The molecule has 134 valence electrons. The third-order valence-corrected chi connectivity index (χ3v) is 3.93. The average Bonchev–Trinajstić information content (AvgIpc) is 2.64. The number of anilines is 4. The average molecular weight is 348 g/mol. The molecule has 5 heteroatoms. The fraction of sp³-hybridized carbons (Fsp3) is 0.238. The first-order chi connectivity index (χ1) is 12.7. The van der Waals surface area contributed by atoms with E-state index in [-0.39, 0.29) is 0 Å². The Morgan fingerprint density at radius 1 is 0.923 bits per heavy atom. The van der Waals surface area contributed by atoms with Crippen LogP contribution in [-0.2, 0) is 0 Å². The van der Waals surface area contributed by atoms with Crippen molar-refractivity contribution in [2.75, 3.05) is 17.2 Å². The maximum Gasteiger partial charge on any atom is 0.229 e. The minimum absolute atomic E-state index is 0.415. The first kappa shape index (κ1) is 17.7. The Morgan fingerprint density at radius 2 is 1.65 bits per heavy atom. The van der Waals surface area contributed by atoms with E-state index < -0.39 is 0 Å². The minimum Gasteiger partial charge on any atom is -0.492 e. The fourth-order valence-electron chi connectivity index (χ4n) is 2.71. The normalized spacial score (nSPS) is 10.6. The number of para-hydroxylation sites is 3. The summed E-state index contributed by atoms with van der Waals surface area (Å²) in [5.74, 6) is 2.47. The van der Waals surface area contributed by atoms with Crippen LogP contribution in [0, 0.1) is 0 Å². The number of hydrogen-bond acceptors (Lipinski definition) is 5. The van der Waals surface area contributed by atoms with Crippen molar-refractivity contribution in [3.05, 3.63) is 66.4 Å². The van der Waals surface area contributed by atoms with Gasteiger partial charge in [0.15, 0.2) is 0 Å². The highest BCUT2D eigenvalue weighted by atomic mass is 16.5. The zero-order chi connectivity index (χ0) is 18.4. The van der Waals surface area contributed by atoms with Gasteiger partial charge in [-0.3, -0.25) is 0 Å². The molecule has 0 spiro atoms. The molecule has 26 heavy (non-hydrogen) atoms. The van der Waals surface area contributed by atoms with Crippen molar-refractivity contribution < 1.29 is 4.74 Å². The first-order valence-electron chi connectivity index (χ1n) is 8.85. The zero-order valence-electron chi connectivity index (χ0n) is 15.4. The molecule has 0 atom stereocenters. The minimum atomic E-state index is 0.415. The molecule has 0 saturated carbocycles. The van der Waals surface area contributed by atoms with Gasteiger partial charge in [0.1, 0.15) is 11.6 Å². The molecule has 0 fully saturated rings. The molecule has 1 aromatic heterocycles. The quantitative estimate of drug-likeness (QED) is 0.591. The molecule has 3 rings (SSSR count). The lowest BCUT2D eigenvalue weighted by Crippen LogP contribution is -2.03. The standard InChI is InChI=1S/C21H24N4O/c1-4-26-19-12-8-7-11-18(19)23-20-13-14-22-21(25-20)24-17-10-6-5-9-16(17)15(2)3/h5-15H,4H2,1-3H3,(H2,22,23,24,25). The molecular weight excluding hydrogens is 324 g/mol. The number of benzene rings is 2. The van der Waals surface area contributed by atoms with Crippen LogP contribution >= 0.6 is 0 Å². The molecule has 2 aromatic carbocycles. The van der Waals surface area contributed by atoms with Crippen molar-refractivity contribution in [2.24, 2.45) is 0 Å². The summed E-state index contributed by atoms with van der Waals surface area (Å²) in [6.45, 7) is 6.92. The molecule has 3 aromatic rings. The lowest BCUT2D eigenvalue weighted by molar-refractivity contribution is 0.342. The van der Waals surface area contributed by atoms with E-state index in [1.54, 1.807) is 6.20 Å². The second-order valence-electron chi connectivity index (χ2n) is 6.19. The molecule has 0 saturated heterocycles. The number of hydrogen-bond donors (Lipinski definition) is 2. The van der Waals surface area contributed by atoms with Crippen molar-refractivity contribution in [1.82, 2.24) is 9.97 Å². The van der Waals surface area contributed by atoms with Crippen molar-refractivity contribution in [1.29, 1.82) is 0 Å². The number of nitrogens with zero attached hydrogens (tertiary/aromatic N) is 2. The van der Waals surface area contributed by atoms with Gasteiger partial charge in [-0.2, -0.15) is 4.98 Å². The van der Waals surface area contributed by atoms with Crippen molar-refractivity contribution in [3.8, 4) is 5.75 Å². The Kier molecular flexibility index (Phi) is 5.69. The third-order valence-electron chi connectivity index (χ3n) is 3.93.